The zero-order valence-corrected chi connectivity index (χ0v) is 8.21. The number of nitrogens with zero attached hydrogens (tertiary/aromatic N) is 2. The monoisotopic (exact) mass is 181 g/mol. The molecule has 3 fully saturated rings. The first-order valence-corrected chi connectivity index (χ1v) is 5.62. The van der Waals surface area contributed by atoms with Gasteiger partial charge in [-0.25, -0.2) is 0 Å². The number of piperazine rings is 1. The summed E-state index contributed by atoms with van der Waals surface area (Å²) in [7, 11) is 0. The van der Waals surface area contributed by atoms with Gasteiger partial charge in [0, 0.05) is 44.8 Å². The molecule has 0 aliphatic carbocycles. The topological polar surface area (TPSA) is 18.5 Å². The molecule has 3 heteroatoms. The van der Waals surface area contributed by atoms with Crippen LogP contribution in [0.15, 0.2) is 0 Å². The van der Waals surface area contributed by atoms with E-state index in [0.717, 1.165) is 12.1 Å². The number of nitrogens with one attached hydrogen (secondary N) is 1. The summed E-state index contributed by atoms with van der Waals surface area (Å²) in [6.07, 6.45) is 2.87. The molecule has 3 saturated heterocycles. The van der Waals surface area contributed by atoms with Crippen molar-refractivity contribution < 1.29 is 0 Å². The van der Waals surface area contributed by atoms with Crippen LogP contribution in [0, 0.1) is 0 Å². The maximum absolute atomic E-state index is 3.36. The minimum absolute atomic E-state index is 0.864. The van der Waals surface area contributed by atoms with Crippen LogP contribution in [0.1, 0.15) is 12.8 Å². The first-order chi connectivity index (χ1) is 6.43. The van der Waals surface area contributed by atoms with Crippen molar-refractivity contribution in [1.82, 2.24) is 15.1 Å². The molecule has 3 rings (SSSR count). The average Bonchev–Trinajstić information content (AvgIpc) is 2.47. The molecule has 3 aliphatic heterocycles. The molecule has 1 N–H and O–H groups in total. The first-order valence-electron chi connectivity index (χ1n) is 5.62. The quantitative estimate of drug-likeness (QED) is 0.601. The van der Waals surface area contributed by atoms with Crippen molar-refractivity contribution in [2.45, 2.75) is 24.9 Å². The van der Waals surface area contributed by atoms with Crippen LogP contribution in [0.4, 0.5) is 0 Å². The standard InChI is InChI=1S/C10H19N3/c1-2-9-8-13(10-6-11-7-10)5-4-12(9)3-1/h9-11H,1-8H2/t9-/m1/s1. The predicted octanol–water partition coefficient (Wildman–Crippen LogP) is -0.262. The van der Waals surface area contributed by atoms with E-state index >= 15 is 0 Å². The Labute approximate surface area is 80.1 Å². The van der Waals surface area contributed by atoms with Crippen LogP contribution in [-0.4, -0.2) is 61.2 Å². The molecule has 0 aromatic rings. The van der Waals surface area contributed by atoms with Gasteiger partial charge in [0.15, 0.2) is 0 Å². The molecule has 3 aliphatic rings. The van der Waals surface area contributed by atoms with Gasteiger partial charge in [-0.2, -0.15) is 0 Å². The van der Waals surface area contributed by atoms with E-state index in [2.05, 4.69) is 15.1 Å². The van der Waals surface area contributed by atoms with Gasteiger partial charge in [0.05, 0.1) is 0 Å². The lowest BCUT2D eigenvalue weighted by molar-refractivity contribution is 0.0520. The number of hydrogen-bond acceptors (Lipinski definition) is 3. The molecule has 0 aromatic heterocycles. The number of rotatable bonds is 1. The Bertz CT molecular complexity index is 191. The van der Waals surface area contributed by atoms with E-state index < -0.39 is 0 Å². The Morgan fingerprint density at radius 3 is 2.54 bits per heavy atom. The number of hydrogen-bond donors (Lipinski definition) is 1. The SMILES string of the molecule is C1C[C@@H]2CN(C3CNC3)CCN2C1. The van der Waals surface area contributed by atoms with Crippen LogP contribution < -0.4 is 5.32 Å². The second-order valence-electron chi connectivity index (χ2n) is 4.64. The lowest BCUT2D eigenvalue weighted by Crippen LogP contribution is -2.62. The highest BCUT2D eigenvalue weighted by molar-refractivity contribution is 4.93. The molecular formula is C10H19N3. The molecule has 0 aromatic carbocycles. The summed E-state index contributed by atoms with van der Waals surface area (Å²) in [5.41, 5.74) is 0. The zero-order chi connectivity index (χ0) is 8.67. The summed E-state index contributed by atoms with van der Waals surface area (Å²) in [5.74, 6) is 0. The summed E-state index contributed by atoms with van der Waals surface area (Å²) in [6.45, 7) is 7.79. The van der Waals surface area contributed by atoms with Crippen molar-refractivity contribution >= 4 is 0 Å². The van der Waals surface area contributed by atoms with Gasteiger partial charge in [0.1, 0.15) is 0 Å². The minimum Gasteiger partial charge on any atom is -0.314 e. The fraction of sp³-hybridized carbons (Fsp3) is 1.00. The Hall–Kier alpha value is -0.120. The van der Waals surface area contributed by atoms with Gasteiger partial charge in [0.25, 0.3) is 0 Å². The summed E-state index contributed by atoms with van der Waals surface area (Å²) < 4.78 is 0. The third-order valence-electron chi connectivity index (χ3n) is 3.90. The van der Waals surface area contributed by atoms with Crippen molar-refractivity contribution in [3.8, 4) is 0 Å². The average molecular weight is 181 g/mol. The van der Waals surface area contributed by atoms with E-state index in [9.17, 15) is 0 Å². The fourth-order valence-electron chi connectivity index (χ4n) is 2.88. The van der Waals surface area contributed by atoms with Crippen molar-refractivity contribution in [2.24, 2.45) is 0 Å². The van der Waals surface area contributed by atoms with Crippen LogP contribution in [0.2, 0.25) is 0 Å². The van der Waals surface area contributed by atoms with E-state index in [0.29, 0.717) is 0 Å². The van der Waals surface area contributed by atoms with Crippen molar-refractivity contribution in [3.05, 3.63) is 0 Å². The second-order valence-corrected chi connectivity index (χ2v) is 4.64. The normalized spacial score (nSPS) is 37.4. The molecule has 3 heterocycles. The van der Waals surface area contributed by atoms with E-state index in [-0.39, 0.29) is 0 Å². The Morgan fingerprint density at radius 2 is 1.77 bits per heavy atom. The van der Waals surface area contributed by atoms with Crippen molar-refractivity contribution in [1.29, 1.82) is 0 Å². The first kappa shape index (κ1) is 8.21. The fourth-order valence-corrected chi connectivity index (χ4v) is 2.88. The molecule has 0 bridgehead atoms. The van der Waals surface area contributed by atoms with Crippen LogP contribution in [0.25, 0.3) is 0 Å². The van der Waals surface area contributed by atoms with Gasteiger partial charge < -0.3 is 5.32 Å². The van der Waals surface area contributed by atoms with Gasteiger partial charge in [-0.05, 0) is 19.4 Å². The predicted molar refractivity (Wildman–Crippen MR) is 52.8 cm³/mol. The molecule has 3 nitrogen and oxygen atoms in total. The van der Waals surface area contributed by atoms with Crippen LogP contribution in [0.3, 0.4) is 0 Å². The van der Waals surface area contributed by atoms with Crippen molar-refractivity contribution in [2.75, 3.05) is 39.3 Å². The molecule has 13 heavy (non-hydrogen) atoms. The van der Waals surface area contributed by atoms with Gasteiger partial charge >= 0.3 is 0 Å². The summed E-state index contributed by atoms with van der Waals surface area (Å²) >= 11 is 0. The molecular weight excluding hydrogens is 162 g/mol. The minimum atomic E-state index is 0.864. The highest BCUT2D eigenvalue weighted by Crippen LogP contribution is 2.23. The molecule has 0 radical (unpaired) electrons. The smallest absolute Gasteiger partial charge is 0.0346 e. The molecule has 0 saturated carbocycles. The van der Waals surface area contributed by atoms with Gasteiger partial charge in [0.2, 0.25) is 0 Å². The van der Waals surface area contributed by atoms with E-state index in [1.807, 2.05) is 0 Å². The lowest BCUT2D eigenvalue weighted by atomic mass is 10.1. The van der Waals surface area contributed by atoms with Gasteiger partial charge in [-0.1, -0.05) is 0 Å². The second kappa shape index (κ2) is 3.23. The van der Waals surface area contributed by atoms with E-state index in [1.165, 1.54) is 52.1 Å². The third-order valence-corrected chi connectivity index (χ3v) is 3.90. The molecule has 0 amide bonds. The van der Waals surface area contributed by atoms with E-state index in [1.54, 1.807) is 0 Å². The molecule has 0 unspecified atom stereocenters. The Balaban J connectivity index is 1.60. The Morgan fingerprint density at radius 1 is 0.923 bits per heavy atom. The zero-order valence-electron chi connectivity index (χ0n) is 8.21. The molecule has 1 atom stereocenters. The summed E-state index contributed by atoms with van der Waals surface area (Å²) in [6, 6.07) is 1.76. The third kappa shape index (κ3) is 1.39. The molecule has 0 spiro atoms. The van der Waals surface area contributed by atoms with Crippen LogP contribution in [-0.2, 0) is 0 Å². The van der Waals surface area contributed by atoms with Gasteiger partial charge in [-0.15, -0.1) is 0 Å². The summed E-state index contributed by atoms with van der Waals surface area (Å²) in [4.78, 5) is 5.38. The maximum atomic E-state index is 3.36. The van der Waals surface area contributed by atoms with Crippen molar-refractivity contribution in [3.63, 3.8) is 0 Å². The van der Waals surface area contributed by atoms with Crippen LogP contribution in [0.5, 0.6) is 0 Å². The maximum Gasteiger partial charge on any atom is 0.0346 e. The lowest BCUT2D eigenvalue weighted by Gasteiger charge is -2.45. The van der Waals surface area contributed by atoms with E-state index in [4.69, 9.17) is 0 Å². The largest absolute Gasteiger partial charge is 0.314 e. The number of fused-ring (bicyclic) bond motifs is 1. The highest BCUT2D eigenvalue weighted by Gasteiger charge is 2.34. The Kier molecular flexibility index (Phi) is 2.04. The van der Waals surface area contributed by atoms with Gasteiger partial charge in [-0.3, -0.25) is 9.80 Å². The summed E-state index contributed by atoms with van der Waals surface area (Å²) in [5, 5.41) is 3.36. The van der Waals surface area contributed by atoms with Crippen LogP contribution >= 0.6 is 0 Å². The molecule has 74 valence electrons. The highest BCUT2D eigenvalue weighted by atomic mass is 15.3.